The lowest BCUT2D eigenvalue weighted by Gasteiger charge is -2.12. The third-order valence-corrected chi connectivity index (χ3v) is 1.93. The van der Waals surface area contributed by atoms with Gasteiger partial charge in [-0.25, -0.2) is 13.2 Å². The SMILES string of the molecule is Cl.N[C@@H](c1cc(F)ccc1Cl)C(F)F. The molecule has 0 aliphatic carbocycles. The fourth-order valence-electron chi connectivity index (χ4n) is 0.906. The monoisotopic (exact) mass is 245 g/mol. The number of nitrogens with two attached hydrogens (primary N) is 1. The molecule has 0 unspecified atom stereocenters. The highest BCUT2D eigenvalue weighted by molar-refractivity contribution is 6.31. The number of halogens is 5. The number of hydrogen-bond donors (Lipinski definition) is 1. The predicted molar refractivity (Wildman–Crippen MR) is 51.6 cm³/mol. The molecule has 1 rings (SSSR count). The maximum atomic E-state index is 12.6. The molecule has 2 N–H and O–H groups in total. The zero-order valence-electron chi connectivity index (χ0n) is 6.88. The van der Waals surface area contributed by atoms with Gasteiger partial charge < -0.3 is 5.73 Å². The van der Waals surface area contributed by atoms with E-state index in [9.17, 15) is 13.2 Å². The van der Waals surface area contributed by atoms with Gasteiger partial charge >= 0.3 is 0 Å². The van der Waals surface area contributed by atoms with Gasteiger partial charge in [-0.15, -0.1) is 12.4 Å². The van der Waals surface area contributed by atoms with Crippen LogP contribution in [-0.4, -0.2) is 6.43 Å². The third kappa shape index (κ3) is 3.04. The number of rotatable bonds is 2. The lowest BCUT2D eigenvalue weighted by molar-refractivity contribution is 0.116. The van der Waals surface area contributed by atoms with Crippen LogP contribution in [0.15, 0.2) is 18.2 Å². The van der Waals surface area contributed by atoms with Crippen LogP contribution in [-0.2, 0) is 0 Å². The van der Waals surface area contributed by atoms with Crippen molar-refractivity contribution in [2.75, 3.05) is 0 Å². The Morgan fingerprint density at radius 2 is 1.86 bits per heavy atom. The van der Waals surface area contributed by atoms with Crippen molar-refractivity contribution in [1.29, 1.82) is 0 Å². The summed E-state index contributed by atoms with van der Waals surface area (Å²) in [5.74, 6) is -0.629. The Labute approximate surface area is 90.5 Å². The number of benzene rings is 1. The normalized spacial score (nSPS) is 12.4. The van der Waals surface area contributed by atoms with Gasteiger partial charge in [0.15, 0.2) is 0 Å². The summed E-state index contributed by atoms with van der Waals surface area (Å²) in [6, 6.07) is 1.67. The second-order valence-electron chi connectivity index (χ2n) is 2.53. The summed E-state index contributed by atoms with van der Waals surface area (Å²) >= 11 is 5.56. The average Bonchev–Trinajstić information content (AvgIpc) is 2.08. The first-order valence-electron chi connectivity index (χ1n) is 3.51. The van der Waals surface area contributed by atoms with E-state index < -0.39 is 18.3 Å². The van der Waals surface area contributed by atoms with E-state index >= 15 is 0 Å². The first-order valence-corrected chi connectivity index (χ1v) is 3.89. The molecule has 6 heteroatoms. The Hall–Kier alpha value is -0.450. The Morgan fingerprint density at radius 3 is 2.36 bits per heavy atom. The minimum absolute atomic E-state index is 0. The van der Waals surface area contributed by atoms with Gasteiger partial charge in [-0.05, 0) is 23.8 Å². The topological polar surface area (TPSA) is 26.0 Å². The van der Waals surface area contributed by atoms with E-state index in [1.54, 1.807) is 0 Å². The van der Waals surface area contributed by atoms with Crippen LogP contribution in [0.3, 0.4) is 0 Å². The molecule has 0 amide bonds. The van der Waals surface area contributed by atoms with Crippen LogP contribution in [0.4, 0.5) is 13.2 Å². The molecule has 0 bridgehead atoms. The van der Waals surface area contributed by atoms with Crippen LogP contribution in [0.1, 0.15) is 11.6 Å². The predicted octanol–water partition coefficient (Wildman–Crippen LogP) is 3.17. The first-order chi connectivity index (χ1) is 6.02. The fourth-order valence-corrected chi connectivity index (χ4v) is 1.15. The molecule has 1 atom stereocenters. The largest absolute Gasteiger partial charge is 0.319 e. The van der Waals surface area contributed by atoms with Gasteiger partial charge in [-0.2, -0.15) is 0 Å². The molecule has 14 heavy (non-hydrogen) atoms. The van der Waals surface area contributed by atoms with E-state index in [4.69, 9.17) is 17.3 Å². The van der Waals surface area contributed by atoms with Gasteiger partial charge in [-0.3, -0.25) is 0 Å². The van der Waals surface area contributed by atoms with Gasteiger partial charge in [0.2, 0.25) is 0 Å². The second-order valence-corrected chi connectivity index (χ2v) is 2.93. The molecular weight excluding hydrogens is 238 g/mol. The minimum atomic E-state index is -2.75. The van der Waals surface area contributed by atoms with E-state index in [2.05, 4.69) is 0 Å². The molecule has 0 aliphatic heterocycles. The van der Waals surface area contributed by atoms with Crippen molar-refractivity contribution in [3.8, 4) is 0 Å². The summed E-state index contributed by atoms with van der Waals surface area (Å²) in [6.45, 7) is 0. The zero-order chi connectivity index (χ0) is 10.0. The van der Waals surface area contributed by atoms with E-state index in [1.807, 2.05) is 0 Å². The molecule has 0 aliphatic rings. The highest BCUT2D eigenvalue weighted by atomic mass is 35.5. The smallest absolute Gasteiger partial charge is 0.257 e. The summed E-state index contributed by atoms with van der Waals surface area (Å²) < 4.78 is 36.9. The van der Waals surface area contributed by atoms with Crippen molar-refractivity contribution in [1.82, 2.24) is 0 Å². The molecule has 0 radical (unpaired) electrons. The molecular formula is C8H8Cl2F3N. The molecule has 0 saturated carbocycles. The minimum Gasteiger partial charge on any atom is -0.319 e. The molecule has 0 heterocycles. The maximum absolute atomic E-state index is 12.6. The lowest BCUT2D eigenvalue weighted by Crippen LogP contribution is -2.19. The van der Waals surface area contributed by atoms with Crippen LogP contribution < -0.4 is 5.73 Å². The van der Waals surface area contributed by atoms with Crippen molar-refractivity contribution in [3.05, 3.63) is 34.6 Å². The summed E-state index contributed by atoms with van der Waals surface area (Å²) in [5.41, 5.74) is 5.03. The Balaban J connectivity index is 0.00000169. The van der Waals surface area contributed by atoms with Gasteiger partial charge in [0.1, 0.15) is 5.82 Å². The van der Waals surface area contributed by atoms with Crippen molar-refractivity contribution >= 4 is 24.0 Å². The van der Waals surface area contributed by atoms with Crippen LogP contribution in [0, 0.1) is 5.82 Å². The van der Waals surface area contributed by atoms with Gasteiger partial charge in [0, 0.05) is 5.02 Å². The highest BCUT2D eigenvalue weighted by Crippen LogP contribution is 2.26. The van der Waals surface area contributed by atoms with E-state index in [-0.39, 0.29) is 23.0 Å². The van der Waals surface area contributed by atoms with Crippen molar-refractivity contribution in [2.45, 2.75) is 12.5 Å². The summed E-state index contributed by atoms with van der Waals surface area (Å²) in [4.78, 5) is 0. The first kappa shape index (κ1) is 13.5. The van der Waals surface area contributed by atoms with Gasteiger partial charge in [0.05, 0.1) is 6.04 Å². The summed E-state index contributed by atoms with van der Waals surface area (Å²) in [5, 5.41) is 0.0502. The Kier molecular flexibility index (Phi) is 5.26. The molecule has 0 fully saturated rings. The standard InChI is InChI=1S/C8H7ClF3N.ClH/c9-6-2-1-4(10)3-5(6)7(13)8(11)12;/h1-3,7-8H,13H2;1H/t7-;/m0./s1. The molecule has 1 nitrogen and oxygen atoms in total. The third-order valence-electron chi connectivity index (χ3n) is 1.59. The van der Waals surface area contributed by atoms with E-state index in [0.29, 0.717) is 0 Å². The molecule has 1 aromatic rings. The van der Waals surface area contributed by atoms with Gasteiger partial charge in [0.25, 0.3) is 6.43 Å². The van der Waals surface area contributed by atoms with Crippen molar-refractivity contribution in [3.63, 3.8) is 0 Å². The van der Waals surface area contributed by atoms with Crippen molar-refractivity contribution in [2.24, 2.45) is 5.73 Å². The van der Waals surface area contributed by atoms with Crippen molar-refractivity contribution < 1.29 is 13.2 Å². The molecule has 1 aromatic carbocycles. The van der Waals surface area contributed by atoms with Crippen LogP contribution in [0.5, 0.6) is 0 Å². The van der Waals surface area contributed by atoms with Crippen LogP contribution >= 0.6 is 24.0 Å². The van der Waals surface area contributed by atoms with E-state index in [0.717, 1.165) is 12.1 Å². The molecule has 0 saturated heterocycles. The average molecular weight is 246 g/mol. The number of alkyl halides is 2. The Morgan fingerprint density at radius 1 is 1.29 bits per heavy atom. The van der Waals surface area contributed by atoms with Crippen LogP contribution in [0.2, 0.25) is 5.02 Å². The van der Waals surface area contributed by atoms with Gasteiger partial charge in [-0.1, -0.05) is 11.6 Å². The van der Waals surface area contributed by atoms with E-state index in [1.165, 1.54) is 6.07 Å². The molecule has 0 spiro atoms. The lowest BCUT2D eigenvalue weighted by atomic mass is 10.1. The number of hydrogen-bond acceptors (Lipinski definition) is 1. The molecule has 80 valence electrons. The molecule has 0 aromatic heterocycles. The fraction of sp³-hybridized carbons (Fsp3) is 0.250. The highest BCUT2D eigenvalue weighted by Gasteiger charge is 2.20. The maximum Gasteiger partial charge on any atom is 0.257 e. The summed E-state index contributed by atoms with van der Waals surface area (Å²) in [6.07, 6.45) is -2.75. The summed E-state index contributed by atoms with van der Waals surface area (Å²) in [7, 11) is 0. The Bertz CT molecular complexity index is 307. The van der Waals surface area contributed by atoms with Crippen LogP contribution in [0.25, 0.3) is 0 Å². The zero-order valence-corrected chi connectivity index (χ0v) is 8.46. The second kappa shape index (κ2) is 5.44. The quantitative estimate of drug-likeness (QED) is 0.852.